The maximum absolute atomic E-state index is 11.5. The van der Waals surface area contributed by atoms with Gasteiger partial charge in [0.1, 0.15) is 5.76 Å². The molecule has 0 fully saturated rings. The van der Waals surface area contributed by atoms with Gasteiger partial charge in [-0.1, -0.05) is 25.4 Å². The fraction of sp³-hybridized carbons (Fsp3) is 0.312. The van der Waals surface area contributed by atoms with Gasteiger partial charge in [0.05, 0.1) is 23.0 Å². The Kier molecular flexibility index (Phi) is 5.28. The summed E-state index contributed by atoms with van der Waals surface area (Å²) in [6, 6.07) is 9.21. The molecule has 21 heavy (non-hydrogen) atoms. The number of benzene rings is 1. The molecule has 2 aromatic rings. The van der Waals surface area contributed by atoms with Crippen LogP contribution in [0.25, 0.3) is 0 Å². The third-order valence-corrected chi connectivity index (χ3v) is 3.53. The van der Waals surface area contributed by atoms with Crippen LogP contribution in [0.2, 0.25) is 5.02 Å². The van der Waals surface area contributed by atoms with E-state index in [2.05, 4.69) is 17.6 Å². The summed E-state index contributed by atoms with van der Waals surface area (Å²) in [6.07, 6.45) is 2.95. The third-order valence-electron chi connectivity index (χ3n) is 3.20. The highest BCUT2D eigenvalue weighted by atomic mass is 35.5. The van der Waals surface area contributed by atoms with E-state index >= 15 is 0 Å². The van der Waals surface area contributed by atoms with E-state index in [1.165, 1.54) is 0 Å². The molecule has 0 saturated carbocycles. The molecule has 0 saturated heterocycles. The van der Waals surface area contributed by atoms with Gasteiger partial charge in [-0.3, -0.25) is 4.79 Å². The van der Waals surface area contributed by atoms with E-state index in [4.69, 9.17) is 16.0 Å². The van der Waals surface area contributed by atoms with E-state index in [0.717, 1.165) is 23.6 Å². The highest BCUT2D eigenvalue weighted by Gasteiger charge is 2.14. The van der Waals surface area contributed by atoms with E-state index in [1.807, 2.05) is 25.1 Å². The minimum Gasteiger partial charge on any atom is -0.467 e. The summed E-state index contributed by atoms with van der Waals surface area (Å²) in [5.41, 5.74) is 1.50. The van der Waals surface area contributed by atoms with Crippen LogP contribution in [0.4, 0.5) is 11.4 Å². The molecule has 2 rings (SSSR count). The SMILES string of the molecule is CCC(=O)Nc1ccc(Cl)c(NC(CC)c2ccco2)c1. The van der Waals surface area contributed by atoms with Crippen LogP contribution >= 0.6 is 11.6 Å². The number of amides is 1. The predicted molar refractivity (Wildman–Crippen MR) is 85.7 cm³/mol. The fourth-order valence-electron chi connectivity index (χ4n) is 2.01. The number of furan rings is 1. The van der Waals surface area contributed by atoms with Gasteiger partial charge in [0.2, 0.25) is 5.91 Å². The Morgan fingerprint density at radius 3 is 2.76 bits per heavy atom. The molecule has 0 bridgehead atoms. The standard InChI is InChI=1S/C16H19ClN2O2/c1-3-13(15-6-5-9-21-15)19-14-10-11(7-8-12(14)17)18-16(20)4-2/h5-10,13,19H,3-4H2,1-2H3,(H,18,20). The summed E-state index contributed by atoms with van der Waals surface area (Å²) >= 11 is 6.22. The first kappa shape index (κ1) is 15.4. The van der Waals surface area contributed by atoms with Crippen LogP contribution in [0.1, 0.15) is 38.5 Å². The molecule has 1 aromatic heterocycles. The first-order valence-electron chi connectivity index (χ1n) is 7.03. The molecule has 0 aliphatic carbocycles. The van der Waals surface area contributed by atoms with Crippen LogP contribution in [0.15, 0.2) is 41.0 Å². The van der Waals surface area contributed by atoms with Gasteiger partial charge in [0, 0.05) is 12.1 Å². The molecular weight excluding hydrogens is 288 g/mol. The topological polar surface area (TPSA) is 54.3 Å². The van der Waals surface area contributed by atoms with Crippen LogP contribution in [-0.4, -0.2) is 5.91 Å². The lowest BCUT2D eigenvalue weighted by molar-refractivity contribution is -0.115. The van der Waals surface area contributed by atoms with Crippen molar-refractivity contribution in [2.24, 2.45) is 0 Å². The van der Waals surface area contributed by atoms with Crippen LogP contribution in [0.3, 0.4) is 0 Å². The van der Waals surface area contributed by atoms with E-state index in [0.29, 0.717) is 11.4 Å². The van der Waals surface area contributed by atoms with Crippen molar-refractivity contribution >= 4 is 28.9 Å². The van der Waals surface area contributed by atoms with Crippen molar-refractivity contribution in [3.8, 4) is 0 Å². The van der Waals surface area contributed by atoms with E-state index in [1.54, 1.807) is 18.4 Å². The van der Waals surface area contributed by atoms with Crippen molar-refractivity contribution in [2.75, 3.05) is 10.6 Å². The highest BCUT2D eigenvalue weighted by Crippen LogP contribution is 2.30. The molecule has 2 N–H and O–H groups in total. The number of carbonyl (C=O) groups excluding carboxylic acids is 1. The zero-order chi connectivity index (χ0) is 15.2. The van der Waals surface area contributed by atoms with Crippen molar-refractivity contribution in [3.63, 3.8) is 0 Å². The van der Waals surface area contributed by atoms with Crippen molar-refractivity contribution in [1.82, 2.24) is 0 Å². The second kappa shape index (κ2) is 7.18. The Morgan fingerprint density at radius 1 is 1.33 bits per heavy atom. The molecular formula is C16H19ClN2O2. The molecule has 1 heterocycles. The molecule has 4 nitrogen and oxygen atoms in total. The van der Waals surface area contributed by atoms with E-state index in [9.17, 15) is 4.79 Å². The number of rotatable bonds is 6. The number of hydrogen-bond donors (Lipinski definition) is 2. The van der Waals surface area contributed by atoms with Gasteiger partial charge in [-0.05, 0) is 36.8 Å². The number of hydrogen-bond acceptors (Lipinski definition) is 3. The monoisotopic (exact) mass is 306 g/mol. The molecule has 0 aliphatic heterocycles. The van der Waals surface area contributed by atoms with Crippen molar-refractivity contribution in [1.29, 1.82) is 0 Å². The van der Waals surface area contributed by atoms with Crippen molar-refractivity contribution in [2.45, 2.75) is 32.7 Å². The lowest BCUT2D eigenvalue weighted by Crippen LogP contribution is -2.11. The van der Waals surface area contributed by atoms with Crippen LogP contribution in [0.5, 0.6) is 0 Å². The normalized spacial score (nSPS) is 12.0. The van der Waals surface area contributed by atoms with Crippen LogP contribution in [0, 0.1) is 0 Å². The van der Waals surface area contributed by atoms with Crippen molar-refractivity contribution in [3.05, 3.63) is 47.4 Å². The second-order valence-electron chi connectivity index (χ2n) is 4.72. The summed E-state index contributed by atoms with van der Waals surface area (Å²) in [5, 5.41) is 6.78. The Labute approximate surface area is 129 Å². The maximum Gasteiger partial charge on any atom is 0.224 e. The van der Waals surface area contributed by atoms with Crippen molar-refractivity contribution < 1.29 is 9.21 Å². The fourth-order valence-corrected chi connectivity index (χ4v) is 2.19. The lowest BCUT2D eigenvalue weighted by atomic mass is 10.1. The highest BCUT2D eigenvalue weighted by molar-refractivity contribution is 6.33. The molecule has 112 valence electrons. The first-order chi connectivity index (χ1) is 10.1. The molecule has 1 amide bonds. The molecule has 1 unspecified atom stereocenters. The number of anilines is 2. The van der Waals surface area contributed by atoms with E-state index in [-0.39, 0.29) is 11.9 Å². The van der Waals surface area contributed by atoms with Gasteiger partial charge in [-0.15, -0.1) is 0 Å². The minimum absolute atomic E-state index is 0.0265. The third kappa shape index (κ3) is 4.02. The Bertz CT molecular complexity index is 596. The van der Waals surface area contributed by atoms with Gasteiger partial charge < -0.3 is 15.1 Å². The van der Waals surface area contributed by atoms with E-state index < -0.39 is 0 Å². The number of nitrogens with one attached hydrogen (secondary N) is 2. The summed E-state index contributed by atoms with van der Waals surface area (Å²) in [5.74, 6) is 0.831. The Balaban J connectivity index is 2.18. The molecule has 5 heteroatoms. The van der Waals surface area contributed by atoms with Crippen LogP contribution in [-0.2, 0) is 4.79 Å². The summed E-state index contributed by atoms with van der Waals surface area (Å²) in [7, 11) is 0. The maximum atomic E-state index is 11.5. The smallest absolute Gasteiger partial charge is 0.224 e. The quantitative estimate of drug-likeness (QED) is 0.802. The predicted octanol–water partition coefficient (Wildman–Crippen LogP) is 4.84. The van der Waals surface area contributed by atoms with Gasteiger partial charge in [0.25, 0.3) is 0 Å². The van der Waals surface area contributed by atoms with Gasteiger partial charge in [-0.25, -0.2) is 0 Å². The zero-order valence-corrected chi connectivity index (χ0v) is 12.9. The molecule has 0 radical (unpaired) electrons. The zero-order valence-electron chi connectivity index (χ0n) is 12.2. The van der Waals surface area contributed by atoms with Crippen LogP contribution < -0.4 is 10.6 Å². The largest absolute Gasteiger partial charge is 0.467 e. The average molecular weight is 307 g/mol. The van der Waals surface area contributed by atoms with Gasteiger partial charge in [0.15, 0.2) is 0 Å². The summed E-state index contributed by atoms with van der Waals surface area (Å²) in [6.45, 7) is 3.88. The Hall–Kier alpha value is -1.94. The summed E-state index contributed by atoms with van der Waals surface area (Å²) in [4.78, 5) is 11.5. The molecule has 1 aromatic carbocycles. The Morgan fingerprint density at radius 2 is 2.14 bits per heavy atom. The number of carbonyl (C=O) groups is 1. The molecule has 0 spiro atoms. The molecule has 1 atom stereocenters. The number of halogens is 1. The summed E-state index contributed by atoms with van der Waals surface area (Å²) < 4.78 is 5.44. The molecule has 0 aliphatic rings. The average Bonchev–Trinajstić information content (AvgIpc) is 3.01. The lowest BCUT2D eigenvalue weighted by Gasteiger charge is -2.18. The van der Waals surface area contributed by atoms with Gasteiger partial charge >= 0.3 is 0 Å². The first-order valence-corrected chi connectivity index (χ1v) is 7.41. The minimum atomic E-state index is -0.0265. The second-order valence-corrected chi connectivity index (χ2v) is 5.12. The van der Waals surface area contributed by atoms with Gasteiger partial charge in [-0.2, -0.15) is 0 Å².